The summed E-state index contributed by atoms with van der Waals surface area (Å²) in [7, 11) is 2.02. The summed E-state index contributed by atoms with van der Waals surface area (Å²) in [6.07, 6.45) is -0.447. The predicted molar refractivity (Wildman–Crippen MR) is 104 cm³/mol. The molecule has 0 fully saturated rings. The fourth-order valence-electron chi connectivity index (χ4n) is 3.46. The first kappa shape index (κ1) is 16.8. The number of β-amino-alcohol motifs (C(OH)–C–C–N with tert-alkyl or cyclic N) is 1. The second kappa shape index (κ2) is 7.32. The molecule has 1 aliphatic heterocycles. The Labute approximate surface area is 154 Å². The third-order valence-electron chi connectivity index (χ3n) is 4.87. The van der Waals surface area contributed by atoms with Crippen LogP contribution in [-0.2, 0) is 13.2 Å². The van der Waals surface area contributed by atoms with E-state index < -0.39 is 6.10 Å². The Morgan fingerprint density at radius 3 is 2.46 bits per heavy atom. The van der Waals surface area contributed by atoms with E-state index in [-0.39, 0.29) is 0 Å². The van der Waals surface area contributed by atoms with Gasteiger partial charge < -0.3 is 9.84 Å². The van der Waals surface area contributed by atoms with Gasteiger partial charge in [0.05, 0.1) is 6.10 Å². The molecule has 1 atom stereocenters. The summed E-state index contributed by atoms with van der Waals surface area (Å²) < 4.78 is 5.95. The van der Waals surface area contributed by atoms with Gasteiger partial charge in [0, 0.05) is 13.1 Å². The first-order valence-corrected chi connectivity index (χ1v) is 8.95. The van der Waals surface area contributed by atoms with Gasteiger partial charge in [-0.1, -0.05) is 60.7 Å². The van der Waals surface area contributed by atoms with E-state index >= 15 is 0 Å². The van der Waals surface area contributed by atoms with Gasteiger partial charge >= 0.3 is 0 Å². The smallest absolute Gasteiger partial charge is 0.120 e. The highest BCUT2D eigenvalue weighted by molar-refractivity contribution is 5.63. The van der Waals surface area contributed by atoms with Crippen LogP contribution in [0.5, 0.6) is 5.75 Å². The summed E-state index contributed by atoms with van der Waals surface area (Å²) in [5.74, 6) is 0.805. The number of hydrogen-bond donors (Lipinski definition) is 1. The van der Waals surface area contributed by atoms with Gasteiger partial charge in [-0.15, -0.1) is 0 Å². The number of ether oxygens (including phenoxy) is 1. The molecule has 1 N–H and O–H groups in total. The van der Waals surface area contributed by atoms with Crippen LogP contribution in [0.3, 0.4) is 0 Å². The zero-order chi connectivity index (χ0) is 17.9. The molecule has 1 heterocycles. The largest absolute Gasteiger partial charge is 0.489 e. The van der Waals surface area contributed by atoms with E-state index in [9.17, 15) is 5.11 Å². The lowest BCUT2D eigenvalue weighted by molar-refractivity contribution is 0.107. The highest BCUT2D eigenvalue weighted by atomic mass is 16.5. The fourth-order valence-corrected chi connectivity index (χ4v) is 3.46. The molecule has 3 heteroatoms. The lowest BCUT2D eigenvalue weighted by Crippen LogP contribution is -2.30. The van der Waals surface area contributed by atoms with Crippen molar-refractivity contribution in [2.24, 2.45) is 0 Å². The standard InChI is InChI=1S/C23H23NO2/c1-24-14-20-11-12-21(13-22(20)23(25)15-24)26-16-17-7-9-19(10-8-17)18-5-3-2-4-6-18/h2-13,23,25H,14-16H2,1H3/t23-/m0/s1. The van der Waals surface area contributed by atoms with Crippen molar-refractivity contribution in [2.75, 3.05) is 13.6 Å². The number of likely N-dealkylation sites (N-methyl/N-ethyl adjacent to an activating group) is 1. The van der Waals surface area contributed by atoms with Gasteiger partial charge in [0.2, 0.25) is 0 Å². The molecule has 1 aliphatic rings. The van der Waals surface area contributed by atoms with Crippen LogP contribution in [-0.4, -0.2) is 23.6 Å². The van der Waals surface area contributed by atoms with Crippen molar-refractivity contribution in [3.63, 3.8) is 0 Å². The van der Waals surface area contributed by atoms with E-state index in [1.807, 2.05) is 25.2 Å². The Bertz CT molecular complexity index is 874. The molecular formula is C23H23NO2. The number of hydrogen-bond acceptors (Lipinski definition) is 3. The molecule has 0 bridgehead atoms. The van der Waals surface area contributed by atoms with Crippen molar-refractivity contribution in [1.82, 2.24) is 4.90 Å². The van der Waals surface area contributed by atoms with E-state index in [0.717, 1.165) is 23.4 Å². The van der Waals surface area contributed by atoms with Crippen molar-refractivity contribution in [1.29, 1.82) is 0 Å². The minimum absolute atomic E-state index is 0.447. The molecule has 0 saturated heterocycles. The van der Waals surface area contributed by atoms with E-state index in [4.69, 9.17) is 4.74 Å². The highest BCUT2D eigenvalue weighted by Crippen LogP contribution is 2.29. The first-order chi connectivity index (χ1) is 12.7. The number of aliphatic hydroxyl groups is 1. The van der Waals surface area contributed by atoms with Gasteiger partial charge in [-0.2, -0.15) is 0 Å². The lowest BCUT2D eigenvalue weighted by Gasteiger charge is -2.29. The minimum atomic E-state index is -0.447. The highest BCUT2D eigenvalue weighted by Gasteiger charge is 2.21. The number of rotatable bonds is 4. The summed E-state index contributed by atoms with van der Waals surface area (Å²) in [5.41, 5.74) is 5.71. The lowest BCUT2D eigenvalue weighted by atomic mass is 9.97. The van der Waals surface area contributed by atoms with Crippen LogP contribution < -0.4 is 4.74 Å². The summed E-state index contributed by atoms with van der Waals surface area (Å²) in [5, 5.41) is 10.3. The molecule has 4 rings (SSSR count). The third kappa shape index (κ3) is 3.64. The molecule has 0 radical (unpaired) electrons. The predicted octanol–water partition coefficient (Wildman–Crippen LogP) is 4.41. The average Bonchev–Trinajstić information content (AvgIpc) is 2.67. The maximum absolute atomic E-state index is 10.3. The summed E-state index contributed by atoms with van der Waals surface area (Å²) in [6.45, 7) is 2.05. The van der Waals surface area contributed by atoms with E-state index in [1.165, 1.54) is 16.7 Å². The summed E-state index contributed by atoms with van der Waals surface area (Å²) >= 11 is 0. The molecule has 0 aromatic heterocycles. The molecule has 0 amide bonds. The Morgan fingerprint density at radius 1 is 0.962 bits per heavy atom. The number of benzene rings is 3. The van der Waals surface area contributed by atoms with Gasteiger partial charge in [-0.3, -0.25) is 4.90 Å². The molecule has 0 aliphatic carbocycles. The zero-order valence-corrected chi connectivity index (χ0v) is 14.9. The Hall–Kier alpha value is -2.62. The van der Waals surface area contributed by atoms with Gasteiger partial charge in [0.15, 0.2) is 0 Å². The second-order valence-electron chi connectivity index (χ2n) is 6.92. The Balaban J connectivity index is 1.44. The molecule has 26 heavy (non-hydrogen) atoms. The molecule has 0 spiro atoms. The molecule has 0 unspecified atom stereocenters. The monoisotopic (exact) mass is 345 g/mol. The molecule has 3 aromatic rings. The van der Waals surface area contributed by atoms with Crippen LogP contribution in [0.2, 0.25) is 0 Å². The van der Waals surface area contributed by atoms with Crippen LogP contribution in [0.4, 0.5) is 0 Å². The Morgan fingerprint density at radius 2 is 1.69 bits per heavy atom. The zero-order valence-electron chi connectivity index (χ0n) is 14.9. The van der Waals surface area contributed by atoms with Crippen LogP contribution in [0.25, 0.3) is 11.1 Å². The molecule has 3 nitrogen and oxygen atoms in total. The number of fused-ring (bicyclic) bond motifs is 1. The molecule has 132 valence electrons. The van der Waals surface area contributed by atoms with Crippen LogP contribution in [0.1, 0.15) is 22.8 Å². The van der Waals surface area contributed by atoms with Crippen molar-refractivity contribution < 1.29 is 9.84 Å². The first-order valence-electron chi connectivity index (χ1n) is 8.95. The van der Waals surface area contributed by atoms with Gasteiger partial charge in [0.25, 0.3) is 0 Å². The fraction of sp³-hybridized carbons (Fsp3) is 0.217. The quantitative estimate of drug-likeness (QED) is 0.760. The van der Waals surface area contributed by atoms with E-state index in [2.05, 4.69) is 59.5 Å². The van der Waals surface area contributed by atoms with Crippen LogP contribution in [0.15, 0.2) is 72.8 Å². The molecular weight excluding hydrogens is 322 g/mol. The van der Waals surface area contributed by atoms with Gasteiger partial charge in [0.1, 0.15) is 12.4 Å². The minimum Gasteiger partial charge on any atom is -0.489 e. The third-order valence-corrected chi connectivity index (χ3v) is 4.87. The number of aliphatic hydroxyl groups excluding tert-OH is 1. The van der Waals surface area contributed by atoms with Crippen LogP contribution >= 0.6 is 0 Å². The number of nitrogens with zero attached hydrogens (tertiary/aromatic N) is 1. The second-order valence-corrected chi connectivity index (χ2v) is 6.92. The Kier molecular flexibility index (Phi) is 4.74. The maximum atomic E-state index is 10.3. The average molecular weight is 345 g/mol. The summed E-state index contributed by atoms with van der Waals surface area (Å²) in [4.78, 5) is 2.13. The van der Waals surface area contributed by atoms with Crippen molar-refractivity contribution in [3.8, 4) is 16.9 Å². The topological polar surface area (TPSA) is 32.7 Å². The SMILES string of the molecule is CN1Cc2ccc(OCc3ccc(-c4ccccc4)cc3)cc2[C@@H](O)C1. The van der Waals surface area contributed by atoms with Crippen molar-refractivity contribution in [2.45, 2.75) is 19.3 Å². The molecule has 3 aromatic carbocycles. The molecule has 0 saturated carbocycles. The summed E-state index contributed by atoms with van der Waals surface area (Å²) in [6, 6.07) is 24.8. The maximum Gasteiger partial charge on any atom is 0.120 e. The van der Waals surface area contributed by atoms with E-state index in [0.29, 0.717) is 13.2 Å². The van der Waals surface area contributed by atoms with Crippen molar-refractivity contribution >= 4 is 0 Å². The van der Waals surface area contributed by atoms with Gasteiger partial charge in [-0.25, -0.2) is 0 Å². The van der Waals surface area contributed by atoms with Crippen LogP contribution in [0, 0.1) is 0 Å². The van der Waals surface area contributed by atoms with Gasteiger partial charge in [-0.05, 0) is 47.0 Å². The normalized spacial score (nSPS) is 16.9. The van der Waals surface area contributed by atoms with E-state index in [1.54, 1.807) is 0 Å². The van der Waals surface area contributed by atoms with Crippen molar-refractivity contribution in [3.05, 3.63) is 89.5 Å².